The van der Waals surface area contributed by atoms with Gasteiger partial charge in [0.2, 0.25) is 0 Å². The first-order valence-corrected chi connectivity index (χ1v) is 5.44. The van der Waals surface area contributed by atoms with Crippen LogP contribution in [0.5, 0.6) is 0 Å². The van der Waals surface area contributed by atoms with E-state index in [1.165, 1.54) is 5.56 Å². The summed E-state index contributed by atoms with van der Waals surface area (Å²) < 4.78 is 0. The van der Waals surface area contributed by atoms with Crippen molar-refractivity contribution in [3.8, 4) is 0 Å². The Morgan fingerprint density at radius 1 is 1.33 bits per heavy atom. The zero-order valence-corrected chi connectivity index (χ0v) is 9.40. The van der Waals surface area contributed by atoms with Crippen molar-refractivity contribution in [1.82, 2.24) is 0 Å². The summed E-state index contributed by atoms with van der Waals surface area (Å²) in [7, 11) is 0. The smallest absolute Gasteiger partial charge is 0.0947 e. The Bertz CT molecular complexity index is 365. The monoisotopic (exact) mass is 202 g/mol. The molecule has 1 aromatic rings. The van der Waals surface area contributed by atoms with E-state index in [0.717, 1.165) is 18.7 Å². The highest BCUT2D eigenvalue weighted by atomic mass is 14.9. The van der Waals surface area contributed by atoms with Crippen LogP contribution in [0, 0.1) is 5.41 Å². The van der Waals surface area contributed by atoms with Crippen molar-refractivity contribution < 1.29 is 0 Å². The fourth-order valence-electron chi connectivity index (χ4n) is 2.16. The molecule has 0 amide bonds. The van der Waals surface area contributed by atoms with E-state index in [9.17, 15) is 0 Å². The van der Waals surface area contributed by atoms with Crippen molar-refractivity contribution in [2.24, 2.45) is 16.1 Å². The third-order valence-electron chi connectivity index (χ3n) is 3.13. The van der Waals surface area contributed by atoms with Crippen LogP contribution in [0.3, 0.4) is 0 Å². The van der Waals surface area contributed by atoms with Crippen LogP contribution in [0.4, 0.5) is 0 Å². The summed E-state index contributed by atoms with van der Waals surface area (Å²) in [6, 6.07) is 10.8. The molecule has 1 aliphatic rings. The molecule has 2 nitrogen and oxygen atoms in total. The maximum absolute atomic E-state index is 5.80. The van der Waals surface area contributed by atoms with E-state index in [0.29, 0.717) is 6.04 Å². The van der Waals surface area contributed by atoms with Gasteiger partial charge in [-0.3, -0.25) is 4.99 Å². The van der Waals surface area contributed by atoms with Gasteiger partial charge in [-0.15, -0.1) is 0 Å². The van der Waals surface area contributed by atoms with E-state index < -0.39 is 0 Å². The van der Waals surface area contributed by atoms with Gasteiger partial charge in [-0.1, -0.05) is 44.2 Å². The summed E-state index contributed by atoms with van der Waals surface area (Å²) in [5.41, 5.74) is 7.35. The molecule has 0 fully saturated rings. The Labute approximate surface area is 91.2 Å². The molecule has 0 aliphatic carbocycles. The van der Waals surface area contributed by atoms with Crippen molar-refractivity contribution in [2.45, 2.75) is 32.7 Å². The molecule has 1 heterocycles. The second-order valence-electron chi connectivity index (χ2n) is 4.99. The molecule has 0 saturated carbocycles. The minimum Gasteiger partial charge on any atom is -0.387 e. The molecular weight excluding hydrogens is 184 g/mol. The average Bonchev–Trinajstić information content (AvgIpc) is 2.41. The van der Waals surface area contributed by atoms with Crippen LogP contribution in [0.1, 0.15) is 25.8 Å². The van der Waals surface area contributed by atoms with Gasteiger partial charge in [0.15, 0.2) is 0 Å². The van der Waals surface area contributed by atoms with Crippen molar-refractivity contribution in [3.05, 3.63) is 35.9 Å². The molecule has 0 bridgehead atoms. The van der Waals surface area contributed by atoms with Gasteiger partial charge in [-0.2, -0.15) is 0 Å². The predicted octanol–water partition coefficient (Wildman–Crippen LogP) is 2.38. The Morgan fingerprint density at radius 3 is 2.53 bits per heavy atom. The number of hydrogen-bond acceptors (Lipinski definition) is 2. The van der Waals surface area contributed by atoms with E-state index in [4.69, 9.17) is 5.73 Å². The van der Waals surface area contributed by atoms with Gasteiger partial charge in [0.25, 0.3) is 0 Å². The summed E-state index contributed by atoms with van der Waals surface area (Å²) >= 11 is 0. The van der Waals surface area contributed by atoms with Gasteiger partial charge in [0.05, 0.1) is 11.9 Å². The quantitative estimate of drug-likeness (QED) is 0.785. The Balaban J connectivity index is 2.13. The minimum absolute atomic E-state index is 0.208. The Morgan fingerprint density at radius 2 is 2.00 bits per heavy atom. The topological polar surface area (TPSA) is 38.4 Å². The first kappa shape index (κ1) is 10.2. The maximum atomic E-state index is 5.80. The molecule has 2 N–H and O–H groups in total. The fourth-order valence-corrected chi connectivity index (χ4v) is 2.16. The molecule has 0 aromatic heterocycles. The van der Waals surface area contributed by atoms with Crippen molar-refractivity contribution in [2.75, 3.05) is 0 Å². The molecular formula is C13H18N2. The van der Waals surface area contributed by atoms with Crippen LogP contribution in [0.25, 0.3) is 0 Å². The number of hydrogen-bond donors (Lipinski definition) is 1. The Kier molecular flexibility index (Phi) is 2.51. The number of rotatable bonds is 2. The standard InChI is InChI=1S/C13H18N2/c1-13(2)9-12(14)15-11(13)8-10-6-4-3-5-7-10/h3-7,11H,8-9H2,1-2H3,(H2,14,15). The SMILES string of the molecule is CC1(C)CC(N)=NC1Cc1ccccc1. The second-order valence-corrected chi connectivity index (χ2v) is 4.99. The summed E-state index contributed by atoms with van der Waals surface area (Å²) in [4.78, 5) is 4.53. The summed E-state index contributed by atoms with van der Waals surface area (Å²) in [6.45, 7) is 4.48. The number of nitrogens with zero attached hydrogens (tertiary/aromatic N) is 1. The third-order valence-corrected chi connectivity index (χ3v) is 3.13. The predicted molar refractivity (Wildman–Crippen MR) is 64.0 cm³/mol. The van der Waals surface area contributed by atoms with Gasteiger partial charge in [-0.25, -0.2) is 0 Å². The lowest BCUT2D eigenvalue weighted by Crippen LogP contribution is -2.26. The molecule has 15 heavy (non-hydrogen) atoms. The first-order chi connectivity index (χ1) is 7.08. The maximum Gasteiger partial charge on any atom is 0.0947 e. The fraction of sp³-hybridized carbons (Fsp3) is 0.462. The first-order valence-electron chi connectivity index (χ1n) is 5.44. The normalized spacial score (nSPS) is 23.9. The summed E-state index contributed by atoms with van der Waals surface area (Å²) in [5, 5.41) is 0. The van der Waals surface area contributed by atoms with Gasteiger partial charge in [0.1, 0.15) is 0 Å². The Hall–Kier alpha value is -1.31. The lowest BCUT2D eigenvalue weighted by molar-refractivity contribution is 0.322. The van der Waals surface area contributed by atoms with E-state index in [-0.39, 0.29) is 5.41 Å². The summed E-state index contributed by atoms with van der Waals surface area (Å²) in [5.74, 6) is 0.806. The number of amidine groups is 1. The van der Waals surface area contributed by atoms with Crippen molar-refractivity contribution >= 4 is 5.84 Å². The largest absolute Gasteiger partial charge is 0.387 e. The molecule has 1 aromatic carbocycles. The lowest BCUT2D eigenvalue weighted by Gasteiger charge is -2.24. The van der Waals surface area contributed by atoms with E-state index in [1.807, 2.05) is 6.07 Å². The molecule has 2 heteroatoms. The van der Waals surface area contributed by atoms with Crippen LogP contribution in [-0.4, -0.2) is 11.9 Å². The van der Waals surface area contributed by atoms with Crippen LogP contribution in [0.2, 0.25) is 0 Å². The van der Waals surface area contributed by atoms with Crippen LogP contribution in [0.15, 0.2) is 35.3 Å². The van der Waals surface area contributed by atoms with E-state index in [1.54, 1.807) is 0 Å². The van der Waals surface area contributed by atoms with E-state index in [2.05, 4.69) is 43.1 Å². The molecule has 80 valence electrons. The highest BCUT2D eigenvalue weighted by molar-refractivity contribution is 5.83. The van der Waals surface area contributed by atoms with Gasteiger partial charge in [0, 0.05) is 6.42 Å². The highest BCUT2D eigenvalue weighted by Gasteiger charge is 2.35. The lowest BCUT2D eigenvalue weighted by atomic mass is 9.81. The average molecular weight is 202 g/mol. The molecule has 0 radical (unpaired) electrons. The third kappa shape index (κ3) is 2.20. The molecule has 1 unspecified atom stereocenters. The number of benzene rings is 1. The molecule has 1 aliphatic heterocycles. The van der Waals surface area contributed by atoms with E-state index >= 15 is 0 Å². The van der Waals surface area contributed by atoms with Crippen LogP contribution in [-0.2, 0) is 6.42 Å². The zero-order chi connectivity index (χ0) is 10.9. The molecule has 0 spiro atoms. The van der Waals surface area contributed by atoms with Gasteiger partial charge in [-0.05, 0) is 17.4 Å². The van der Waals surface area contributed by atoms with Crippen LogP contribution < -0.4 is 5.73 Å². The van der Waals surface area contributed by atoms with Gasteiger partial charge >= 0.3 is 0 Å². The van der Waals surface area contributed by atoms with Crippen molar-refractivity contribution in [1.29, 1.82) is 0 Å². The minimum atomic E-state index is 0.208. The molecule has 2 rings (SSSR count). The highest BCUT2D eigenvalue weighted by Crippen LogP contribution is 2.34. The van der Waals surface area contributed by atoms with Gasteiger partial charge < -0.3 is 5.73 Å². The van der Waals surface area contributed by atoms with Crippen LogP contribution >= 0.6 is 0 Å². The summed E-state index contributed by atoms with van der Waals surface area (Å²) in [6.07, 6.45) is 1.92. The zero-order valence-electron chi connectivity index (χ0n) is 9.40. The van der Waals surface area contributed by atoms with Crippen molar-refractivity contribution in [3.63, 3.8) is 0 Å². The number of nitrogens with two attached hydrogens (primary N) is 1. The molecule has 0 saturated heterocycles. The molecule has 1 atom stereocenters. The second kappa shape index (κ2) is 3.69. The number of aliphatic imine (C=N–C) groups is 1.